The van der Waals surface area contributed by atoms with E-state index in [0.29, 0.717) is 14.9 Å². The van der Waals surface area contributed by atoms with Crippen LogP contribution in [0.2, 0.25) is 5.02 Å². The van der Waals surface area contributed by atoms with Gasteiger partial charge in [0, 0.05) is 11.4 Å². The Kier molecular flexibility index (Phi) is 7.07. The van der Waals surface area contributed by atoms with Crippen molar-refractivity contribution in [3.63, 3.8) is 0 Å². The maximum atomic E-state index is 14.2. The molecule has 0 bridgehead atoms. The maximum absolute atomic E-state index is 14.2. The summed E-state index contributed by atoms with van der Waals surface area (Å²) in [6, 6.07) is 20.0. The molecule has 0 unspecified atom stereocenters. The second kappa shape index (κ2) is 9.99. The average Bonchev–Trinajstić information content (AvgIpc) is 3.23. The van der Waals surface area contributed by atoms with Crippen LogP contribution in [0, 0.1) is 5.82 Å². The first-order valence-electron chi connectivity index (χ1n) is 10.2. The number of hydrogen-bond acceptors (Lipinski definition) is 5. The molecule has 4 aromatic rings. The number of para-hydroxylation sites is 1. The van der Waals surface area contributed by atoms with E-state index in [1.54, 1.807) is 12.1 Å². The molecule has 0 saturated heterocycles. The lowest BCUT2D eigenvalue weighted by molar-refractivity contribution is -0.118. The summed E-state index contributed by atoms with van der Waals surface area (Å²) in [4.78, 5) is 19.2. The minimum absolute atomic E-state index is 0.0120. The molecule has 1 aromatic heterocycles. The van der Waals surface area contributed by atoms with Crippen LogP contribution in [0.3, 0.4) is 0 Å². The van der Waals surface area contributed by atoms with Gasteiger partial charge in [0.05, 0.1) is 21.9 Å². The Bertz CT molecular complexity index is 1370. The quantitative estimate of drug-likeness (QED) is 0.302. The SMILES string of the molecule is O=C(CCCS(=O)(=O)c1ccc(Cl)cc1)N(Cc1ccccc1)c1nc2c(F)cccc2s1. The highest BCUT2D eigenvalue weighted by Gasteiger charge is 2.22. The van der Waals surface area contributed by atoms with Gasteiger partial charge in [0.15, 0.2) is 15.0 Å². The van der Waals surface area contributed by atoms with E-state index in [-0.39, 0.29) is 41.5 Å². The molecule has 0 aliphatic carbocycles. The Labute approximate surface area is 200 Å². The van der Waals surface area contributed by atoms with Crippen molar-refractivity contribution in [1.82, 2.24) is 4.98 Å². The van der Waals surface area contributed by atoms with Gasteiger partial charge in [-0.3, -0.25) is 9.69 Å². The lowest BCUT2D eigenvalue weighted by Crippen LogP contribution is -2.30. The second-order valence-electron chi connectivity index (χ2n) is 7.42. The number of sulfone groups is 1. The van der Waals surface area contributed by atoms with Crippen molar-refractivity contribution in [2.24, 2.45) is 0 Å². The van der Waals surface area contributed by atoms with E-state index < -0.39 is 15.7 Å². The largest absolute Gasteiger partial charge is 0.284 e. The lowest BCUT2D eigenvalue weighted by Gasteiger charge is -2.20. The molecule has 0 N–H and O–H groups in total. The fraction of sp³-hybridized carbons (Fsp3) is 0.167. The Morgan fingerprint density at radius 1 is 1.00 bits per heavy atom. The zero-order valence-corrected chi connectivity index (χ0v) is 19.8. The van der Waals surface area contributed by atoms with E-state index in [1.165, 1.54) is 46.6 Å². The van der Waals surface area contributed by atoms with Gasteiger partial charge in [0.1, 0.15) is 11.3 Å². The van der Waals surface area contributed by atoms with Crippen molar-refractivity contribution < 1.29 is 17.6 Å². The molecule has 1 heterocycles. The van der Waals surface area contributed by atoms with Crippen LogP contribution in [-0.2, 0) is 21.2 Å². The molecule has 5 nitrogen and oxygen atoms in total. The first-order valence-corrected chi connectivity index (χ1v) is 13.1. The van der Waals surface area contributed by atoms with E-state index >= 15 is 0 Å². The van der Waals surface area contributed by atoms with Gasteiger partial charge in [0.25, 0.3) is 0 Å². The molecule has 170 valence electrons. The summed E-state index contributed by atoms with van der Waals surface area (Å²) in [6.07, 6.45) is 0.159. The van der Waals surface area contributed by atoms with Gasteiger partial charge in [-0.1, -0.05) is 59.3 Å². The van der Waals surface area contributed by atoms with Crippen LogP contribution in [0.5, 0.6) is 0 Å². The zero-order valence-electron chi connectivity index (χ0n) is 17.4. The lowest BCUT2D eigenvalue weighted by atomic mass is 10.2. The predicted octanol–water partition coefficient (Wildman–Crippen LogP) is 5.88. The predicted molar refractivity (Wildman–Crippen MR) is 130 cm³/mol. The third kappa shape index (κ3) is 5.58. The number of amides is 1. The Hall–Kier alpha value is -2.81. The molecule has 1 amide bonds. The van der Waals surface area contributed by atoms with Crippen LogP contribution in [0.1, 0.15) is 18.4 Å². The monoisotopic (exact) mass is 502 g/mol. The standard InChI is InChI=1S/C24H20ClFN2O3S2/c25-18-11-13-19(14-12-18)33(30,31)15-5-10-22(29)28(16-17-6-2-1-3-7-17)24-27-23-20(26)8-4-9-21(23)32-24/h1-4,6-9,11-14H,5,10,15-16H2. The number of thiazole rings is 1. The third-order valence-electron chi connectivity index (χ3n) is 5.05. The summed E-state index contributed by atoms with van der Waals surface area (Å²) >= 11 is 7.06. The molecule has 9 heteroatoms. The molecule has 0 aliphatic rings. The van der Waals surface area contributed by atoms with Crippen LogP contribution in [-0.4, -0.2) is 25.1 Å². The molecule has 33 heavy (non-hydrogen) atoms. The fourth-order valence-electron chi connectivity index (χ4n) is 3.36. The summed E-state index contributed by atoms with van der Waals surface area (Å²) in [5, 5.41) is 0.831. The highest BCUT2D eigenvalue weighted by Crippen LogP contribution is 2.31. The molecule has 0 fully saturated rings. The molecule has 0 atom stereocenters. The number of fused-ring (bicyclic) bond motifs is 1. The Balaban J connectivity index is 1.53. The van der Waals surface area contributed by atoms with Crippen molar-refractivity contribution in [3.8, 4) is 0 Å². The van der Waals surface area contributed by atoms with E-state index in [0.717, 1.165) is 5.56 Å². The summed E-state index contributed by atoms with van der Waals surface area (Å²) in [5.41, 5.74) is 1.10. The number of halogens is 2. The third-order valence-corrected chi connectivity index (χ3v) is 8.16. The number of carbonyl (C=O) groups excluding carboxylic acids is 1. The highest BCUT2D eigenvalue weighted by molar-refractivity contribution is 7.91. The molecule has 0 aliphatic heterocycles. The van der Waals surface area contributed by atoms with Crippen molar-refractivity contribution in [1.29, 1.82) is 0 Å². The highest BCUT2D eigenvalue weighted by atomic mass is 35.5. The summed E-state index contributed by atoms with van der Waals surface area (Å²) in [7, 11) is -3.54. The topological polar surface area (TPSA) is 67.3 Å². The first kappa shape index (κ1) is 23.4. The van der Waals surface area contributed by atoms with Gasteiger partial charge in [0.2, 0.25) is 5.91 Å². The number of nitrogens with zero attached hydrogens (tertiary/aromatic N) is 2. The minimum atomic E-state index is -3.54. The van der Waals surface area contributed by atoms with Gasteiger partial charge in [-0.25, -0.2) is 17.8 Å². The first-order chi connectivity index (χ1) is 15.8. The Morgan fingerprint density at radius 3 is 2.42 bits per heavy atom. The molecule has 0 spiro atoms. The number of carbonyl (C=O) groups is 1. The van der Waals surface area contributed by atoms with Gasteiger partial charge in [-0.15, -0.1) is 0 Å². The molecular formula is C24H20ClFN2O3S2. The van der Waals surface area contributed by atoms with Crippen LogP contribution >= 0.6 is 22.9 Å². The molecule has 0 saturated carbocycles. The Morgan fingerprint density at radius 2 is 1.73 bits per heavy atom. The summed E-state index contributed by atoms with van der Waals surface area (Å²) in [5.74, 6) is -0.894. The minimum Gasteiger partial charge on any atom is -0.284 e. The number of rotatable bonds is 8. The molecule has 0 radical (unpaired) electrons. The zero-order chi connectivity index (χ0) is 23.4. The summed E-state index contributed by atoms with van der Waals surface area (Å²) in [6.45, 7) is 0.255. The fourth-order valence-corrected chi connectivity index (χ4v) is 5.79. The van der Waals surface area contributed by atoms with E-state index in [9.17, 15) is 17.6 Å². The number of benzene rings is 3. The van der Waals surface area contributed by atoms with Gasteiger partial charge < -0.3 is 0 Å². The van der Waals surface area contributed by atoms with Crippen molar-refractivity contribution in [3.05, 3.63) is 89.2 Å². The van der Waals surface area contributed by atoms with Gasteiger partial charge in [-0.05, 0) is 48.4 Å². The smallest absolute Gasteiger partial charge is 0.229 e. The van der Waals surface area contributed by atoms with Crippen LogP contribution in [0.4, 0.5) is 9.52 Å². The molecular weight excluding hydrogens is 483 g/mol. The molecule has 3 aromatic carbocycles. The molecule has 4 rings (SSSR count). The number of hydrogen-bond donors (Lipinski definition) is 0. The van der Waals surface area contributed by atoms with Gasteiger partial charge >= 0.3 is 0 Å². The van der Waals surface area contributed by atoms with Crippen molar-refractivity contribution >= 4 is 54.0 Å². The van der Waals surface area contributed by atoms with Gasteiger partial charge in [-0.2, -0.15) is 0 Å². The number of aromatic nitrogens is 1. The van der Waals surface area contributed by atoms with Crippen molar-refractivity contribution in [2.75, 3.05) is 10.7 Å². The van der Waals surface area contributed by atoms with Crippen LogP contribution in [0.25, 0.3) is 10.2 Å². The van der Waals surface area contributed by atoms with Crippen molar-refractivity contribution in [2.45, 2.75) is 24.3 Å². The van der Waals surface area contributed by atoms with E-state index in [2.05, 4.69) is 4.98 Å². The number of anilines is 1. The normalized spacial score (nSPS) is 11.6. The van der Waals surface area contributed by atoms with Crippen LogP contribution in [0.15, 0.2) is 77.7 Å². The average molecular weight is 503 g/mol. The summed E-state index contributed by atoms with van der Waals surface area (Å²) < 4.78 is 40.0. The van der Waals surface area contributed by atoms with E-state index in [4.69, 9.17) is 11.6 Å². The van der Waals surface area contributed by atoms with E-state index in [1.807, 2.05) is 30.3 Å². The second-order valence-corrected chi connectivity index (χ2v) is 11.0. The van der Waals surface area contributed by atoms with Crippen LogP contribution < -0.4 is 4.90 Å². The maximum Gasteiger partial charge on any atom is 0.229 e.